The van der Waals surface area contributed by atoms with Crippen molar-refractivity contribution in [3.63, 3.8) is 0 Å². The van der Waals surface area contributed by atoms with Gasteiger partial charge in [-0.05, 0) is 66.6 Å². The van der Waals surface area contributed by atoms with Crippen LogP contribution in [-0.2, 0) is 0 Å². The Kier molecular flexibility index (Phi) is 8.08. The Morgan fingerprint density at radius 1 is 0.867 bits per heavy atom. The minimum Gasteiger partial charge on any atom is -0.494 e. The molecular formula is C25H34N2O2S. The van der Waals surface area contributed by atoms with Crippen molar-refractivity contribution < 1.29 is 9.47 Å². The Balaban J connectivity index is 1.65. The van der Waals surface area contributed by atoms with Crippen LogP contribution >= 0.6 is 11.8 Å². The first kappa shape index (κ1) is 22.5. The summed E-state index contributed by atoms with van der Waals surface area (Å²) in [7, 11) is 0. The van der Waals surface area contributed by atoms with E-state index in [1.165, 1.54) is 5.56 Å². The Bertz CT molecular complexity index is 803. The van der Waals surface area contributed by atoms with E-state index in [1.807, 2.05) is 24.3 Å². The first-order valence-corrected chi connectivity index (χ1v) is 11.9. The number of nitrogens with zero attached hydrogens (tertiary/aromatic N) is 1. The first-order chi connectivity index (χ1) is 14.4. The molecule has 0 amide bonds. The van der Waals surface area contributed by atoms with Crippen LogP contribution in [0.15, 0.2) is 48.5 Å². The van der Waals surface area contributed by atoms with Crippen LogP contribution in [0.25, 0.3) is 0 Å². The fraction of sp³-hybridized carbons (Fsp3) is 0.480. The lowest BCUT2D eigenvalue weighted by atomic mass is 10.1. The number of hydrogen-bond donors (Lipinski definition) is 1. The van der Waals surface area contributed by atoms with E-state index in [-0.39, 0.29) is 5.37 Å². The molecule has 2 aromatic rings. The summed E-state index contributed by atoms with van der Waals surface area (Å²) < 4.78 is 11.7. The number of hydrogen-bond acceptors (Lipinski definition) is 4. The first-order valence-electron chi connectivity index (χ1n) is 10.9. The van der Waals surface area contributed by atoms with Crippen molar-refractivity contribution in [3.05, 3.63) is 54.1 Å². The average Bonchev–Trinajstić information content (AvgIpc) is 3.10. The molecule has 2 aromatic carbocycles. The molecule has 162 valence electrons. The Morgan fingerprint density at radius 2 is 1.37 bits per heavy atom. The number of anilines is 1. The van der Waals surface area contributed by atoms with Crippen LogP contribution in [0.5, 0.6) is 11.5 Å². The maximum atomic E-state index is 8.46. The summed E-state index contributed by atoms with van der Waals surface area (Å²) >= 11 is 1.78. The van der Waals surface area contributed by atoms with Crippen LogP contribution in [0.2, 0.25) is 0 Å². The number of ether oxygens (including phenoxy) is 2. The maximum Gasteiger partial charge on any atom is 0.119 e. The largest absolute Gasteiger partial charge is 0.494 e. The molecule has 0 aromatic heterocycles. The number of rotatable bonds is 10. The second kappa shape index (κ2) is 10.8. The highest BCUT2D eigenvalue weighted by atomic mass is 32.2. The Labute approximate surface area is 185 Å². The predicted octanol–water partition coefficient (Wildman–Crippen LogP) is 6.77. The smallest absolute Gasteiger partial charge is 0.119 e. The molecule has 30 heavy (non-hydrogen) atoms. The molecule has 0 aliphatic carbocycles. The summed E-state index contributed by atoms with van der Waals surface area (Å²) in [5, 5.41) is 8.56. The molecule has 0 bridgehead atoms. The molecule has 1 heterocycles. The fourth-order valence-corrected chi connectivity index (χ4v) is 4.44. The summed E-state index contributed by atoms with van der Waals surface area (Å²) in [4.78, 5) is 2.11. The highest BCUT2D eigenvalue weighted by Crippen LogP contribution is 2.42. The molecule has 1 unspecified atom stereocenters. The Morgan fingerprint density at radius 3 is 1.87 bits per heavy atom. The van der Waals surface area contributed by atoms with Gasteiger partial charge in [-0.25, -0.2) is 0 Å². The monoisotopic (exact) mass is 426 g/mol. The van der Waals surface area contributed by atoms with Crippen LogP contribution in [0, 0.1) is 17.2 Å². The van der Waals surface area contributed by atoms with Crippen LogP contribution in [-0.4, -0.2) is 24.8 Å². The standard InChI is InChI=1S/C25H34N2O2S/c1-18(2)13-15-28-22-9-5-20(6-10-22)25-27(24(26)17-30-25)21-7-11-23(12-8-21)29-16-14-19(3)4/h5-12,18-19,25-26H,13-17H2,1-4H3. The van der Waals surface area contributed by atoms with E-state index in [9.17, 15) is 0 Å². The van der Waals surface area contributed by atoms with Crippen molar-refractivity contribution in [2.24, 2.45) is 11.8 Å². The number of nitrogens with one attached hydrogen (secondary N) is 1. The van der Waals surface area contributed by atoms with E-state index in [1.54, 1.807) is 11.8 Å². The third-order valence-electron chi connectivity index (χ3n) is 5.11. The lowest BCUT2D eigenvalue weighted by molar-refractivity contribution is 0.289. The zero-order valence-electron chi connectivity index (χ0n) is 18.6. The zero-order chi connectivity index (χ0) is 21.5. The van der Waals surface area contributed by atoms with Crippen molar-refractivity contribution in [3.8, 4) is 11.5 Å². The molecular weight excluding hydrogens is 392 g/mol. The molecule has 5 heteroatoms. The molecule has 0 saturated carbocycles. The van der Waals surface area contributed by atoms with Crippen molar-refractivity contribution in [2.45, 2.75) is 45.9 Å². The Hall–Kier alpha value is -2.14. The van der Waals surface area contributed by atoms with Gasteiger partial charge in [0.25, 0.3) is 0 Å². The third-order valence-corrected chi connectivity index (χ3v) is 6.35. The van der Waals surface area contributed by atoms with Crippen molar-refractivity contribution >= 4 is 23.3 Å². The van der Waals surface area contributed by atoms with Gasteiger partial charge in [-0.1, -0.05) is 39.8 Å². The lowest BCUT2D eigenvalue weighted by Gasteiger charge is -2.26. The molecule has 1 aliphatic rings. The normalized spacial score (nSPS) is 16.5. The van der Waals surface area contributed by atoms with Gasteiger partial charge in [0.1, 0.15) is 22.7 Å². The molecule has 1 saturated heterocycles. The van der Waals surface area contributed by atoms with Crippen molar-refractivity contribution in [2.75, 3.05) is 23.9 Å². The lowest BCUT2D eigenvalue weighted by Crippen LogP contribution is -2.27. The summed E-state index contributed by atoms with van der Waals surface area (Å²) in [5.41, 5.74) is 2.22. The minimum absolute atomic E-state index is 0.106. The van der Waals surface area contributed by atoms with E-state index in [2.05, 4.69) is 56.9 Å². The van der Waals surface area contributed by atoms with Gasteiger partial charge in [-0.15, -0.1) is 11.8 Å². The number of thioether (sulfide) groups is 1. The SMILES string of the molecule is CC(C)CCOc1ccc(C2SCC(=N)N2c2ccc(OCCC(C)C)cc2)cc1. The van der Waals surface area contributed by atoms with Gasteiger partial charge in [0, 0.05) is 5.69 Å². The van der Waals surface area contributed by atoms with Crippen LogP contribution in [0.4, 0.5) is 5.69 Å². The van der Waals surface area contributed by atoms with Crippen LogP contribution < -0.4 is 14.4 Å². The quantitative estimate of drug-likeness (QED) is 0.455. The summed E-state index contributed by atoms with van der Waals surface area (Å²) in [6, 6.07) is 16.5. The molecule has 1 N–H and O–H groups in total. The van der Waals surface area contributed by atoms with Crippen molar-refractivity contribution in [1.29, 1.82) is 5.41 Å². The van der Waals surface area contributed by atoms with Gasteiger partial charge < -0.3 is 14.4 Å². The van der Waals surface area contributed by atoms with Crippen molar-refractivity contribution in [1.82, 2.24) is 0 Å². The zero-order valence-corrected chi connectivity index (χ0v) is 19.4. The molecule has 4 nitrogen and oxygen atoms in total. The van der Waals surface area contributed by atoms with E-state index >= 15 is 0 Å². The second-order valence-corrected chi connectivity index (χ2v) is 9.67. The van der Waals surface area contributed by atoms with Gasteiger partial charge in [0.2, 0.25) is 0 Å². The van der Waals surface area contributed by atoms with Gasteiger partial charge in [-0.2, -0.15) is 0 Å². The van der Waals surface area contributed by atoms with E-state index in [0.717, 1.165) is 43.2 Å². The summed E-state index contributed by atoms with van der Waals surface area (Å²) in [5.74, 6) is 4.42. The molecule has 1 fully saturated rings. The topological polar surface area (TPSA) is 45.5 Å². The maximum absolute atomic E-state index is 8.46. The highest BCUT2D eigenvalue weighted by molar-refractivity contribution is 8.00. The van der Waals surface area contributed by atoms with Gasteiger partial charge >= 0.3 is 0 Å². The van der Waals surface area contributed by atoms with E-state index in [0.29, 0.717) is 23.4 Å². The summed E-state index contributed by atoms with van der Waals surface area (Å²) in [6.45, 7) is 10.3. The van der Waals surface area contributed by atoms with E-state index in [4.69, 9.17) is 14.9 Å². The highest BCUT2D eigenvalue weighted by Gasteiger charge is 2.31. The minimum atomic E-state index is 0.106. The molecule has 0 spiro atoms. The van der Waals surface area contributed by atoms with Crippen LogP contribution in [0.3, 0.4) is 0 Å². The second-order valence-electron chi connectivity index (χ2n) is 8.60. The van der Waals surface area contributed by atoms with E-state index < -0.39 is 0 Å². The van der Waals surface area contributed by atoms with Crippen LogP contribution in [0.1, 0.15) is 51.5 Å². The van der Waals surface area contributed by atoms with Gasteiger partial charge in [0.15, 0.2) is 0 Å². The fourth-order valence-electron chi connectivity index (χ4n) is 3.24. The number of amidine groups is 1. The summed E-state index contributed by atoms with van der Waals surface area (Å²) in [6.07, 6.45) is 2.11. The molecule has 0 radical (unpaired) electrons. The van der Waals surface area contributed by atoms with Gasteiger partial charge in [-0.3, -0.25) is 5.41 Å². The average molecular weight is 427 g/mol. The molecule has 3 rings (SSSR count). The molecule has 1 aliphatic heterocycles. The predicted molar refractivity (Wildman–Crippen MR) is 128 cm³/mol. The van der Waals surface area contributed by atoms with Gasteiger partial charge in [0.05, 0.1) is 19.0 Å². The number of benzene rings is 2. The third kappa shape index (κ3) is 6.18. The molecule has 1 atom stereocenters.